The van der Waals surface area contributed by atoms with Crippen LogP contribution in [0.25, 0.3) is 0 Å². The third-order valence-corrected chi connectivity index (χ3v) is 4.31. The first kappa shape index (κ1) is 23.6. The summed E-state index contributed by atoms with van der Waals surface area (Å²) in [6.07, 6.45) is 0. The van der Waals surface area contributed by atoms with Gasteiger partial charge in [-0.15, -0.1) is 0 Å². The Bertz CT molecular complexity index is 1380. The van der Waals surface area contributed by atoms with E-state index in [-0.39, 0.29) is 37.4 Å². The molecule has 16 heteroatoms. The number of hydrogen-bond donors (Lipinski definition) is 4. The summed E-state index contributed by atoms with van der Waals surface area (Å²) < 4.78 is 11.2. The van der Waals surface area contributed by atoms with Crippen molar-refractivity contribution in [1.29, 1.82) is 0 Å². The molecule has 0 bridgehead atoms. The number of carbonyl (C=O) groups is 2. The second-order valence-electron chi connectivity index (χ2n) is 6.53. The molecule has 178 valence electrons. The van der Waals surface area contributed by atoms with Crippen LogP contribution in [0, 0.1) is 0 Å². The predicted molar refractivity (Wildman–Crippen MR) is 111 cm³/mol. The van der Waals surface area contributed by atoms with Crippen LogP contribution < -0.4 is 34.1 Å². The number of esters is 2. The SMILES string of the molecule is O=C(OCCn1c(=O)[nH]c(=O)[nH]c1=O)c1ccc(C(=O)OCCn2c(=O)[nH]c(=O)[nH]c2=O)cc1. The zero-order valence-corrected chi connectivity index (χ0v) is 17.1. The Hall–Kier alpha value is -5.02. The van der Waals surface area contributed by atoms with E-state index >= 15 is 0 Å². The molecule has 2 heterocycles. The lowest BCUT2D eigenvalue weighted by molar-refractivity contribution is 0.0474. The van der Waals surface area contributed by atoms with Crippen molar-refractivity contribution in [3.05, 3.63) is 98.3 Å². The Morgan fingerprint density at radius 2 is 0.882 bits per heavy atom. The van der Waals surface area contributed by atoms with E-state index in [0.717, 1.165) is 0 Å². The van der Waals surface area contributed by atoms with Crippen molar-refractivity contribution in [3.63, 3.8) is 0 Å². The second kappa shape index (κ2) is 10.1. The third kappa shape index (κ3) is 5.61. The van der Waals surface area contributed by atoms with Gasteiger partial charge in [-0.1, -0.05) is 0 Å². The maximum absolute atomic E-state index is 12.1. The topological polar surface area (TPSA) is 228 Å². The summed E-state index contributed by atoms with van der Waals surface area (Å²) in [5.41, 5.74) is -5.62. The smallest absolute Gasteiger partial charge is 0.338 e. The molecule has 34 heavy (non-hydrogen) atoms. The van der Waals surface area contributed by atoms with Crippen molar-refractivity contribution in [2.75, 3.05) is 13.2 Å². The van der Waals surface area contributed by atoms with Crippen LogP contribution in [0.2, 0.25) is 0 Å². The fraction of sp³-hybridized carbons (Fsp3) is 0.222. The number of carbonyl (C=O) groups excluding carboxylic acids is 2. The van der Waals surface area contributed by atoms with Crippen molar-refractivity contribution in [1.82, 2.24) is 29.1 Å². The van der Waals surface area contributed by atoms with E-state index in [0.29, 0.717) is 9.13 Å². The van der Waals surface area contributed by atoms with Gasteiger partial charge >= 0.3 is 46.1 Å². The molecule has 0 saturated heterocycles. The molecule has 0 aliphatic carbocycles. The van der Waals surface area contributed by atoms with Gasteiger partial charge in [-0.2, -0.15) is 0 Å². The molecule has 1 aromatic carbocycles. The van der Waals surface area contributed by atoms with Crippen LogP contribution in [0.15, 0.2) is 53.0 Å². The minimum absolute atomic E-state index is 0.0607. The largest absolute Gasteiger partial charge is 0.460 e. The fourth-order valence-electron chi connectivity index (χ4n) is 2.68. The molecule has 0 fully saturated rings. The molecule has 16 nitrogen and oxygen atoms in total. The van der Waals surface area contributed by atoms with Gasteiger partial charge in [0.25, 0.3) is 0 Å². The summed E-state index contributed by atoms with van der Waals surface area (Å²) in [7, 11) is 0. The van der Waals surface area contributed by atoms with Crippen LogP contribution in [0.1, 0.15) is 20.7 Å². The van der Waals surface area contributed by atoms with Gasteiger partial charge < -0.3 is 9.47 Å². The summed E-state index contributed by atoms with van der Waals surface area (Å²) in [6, 6.07) is 5.09. The number of H-pyrrole nitrogens is 4. The van der Waals surface area contributed by atoms with E-state index in [4.69, 9.17) is 9.47 Å². The van der Waals surface area contributed by atoms with E-state index in [9.17, 15) is 38.4 Å². The Kier molecular flexibility index (Phi) is 7.00. The minimum Gasteiger partial charge on any atom is -0.460 e. The maximum Gasteiger partial charge on any atom is 0.338 e. The van der Waals surface area contributed by atoms with Crippen LogP contribution in [0.3, 0.4) is 0 Å². The Labute approximate surface area is 185 Å². The standard InChI is InChI=1S/C18H16N6O10/c25-11(33-7-5-23-15(29)19-13(27)20-16(23)30)9-1-2-10(4-3-9)12(26)34-8-6-24-17(31)21-14(28)22-18(24)32/h1-4H,5-8H2,(H2,19,20,27,29,30)(H2,21,22,28,31,32). The molecule has 3 rings (SSSR count). The lowest BCUT2D eigenvalue weighted by Crippen LogP contribution is -2.44. The summed E-state index contributed by atoms with van der Waals surface area (Å²) in [5, 5.41) is 0. The monoisotopic (exact) mass is 476 g/mol. The van der Waals surface area contributed by atoms with Gasteiger partial charge in [-0.25, -0.2) is 47.5 Å². The van der Waals surface area contributed by atoms with E-state index in [1.165, 1.54) is 24.3 Å². The average Bonchev–Trinajstić information content (AvgIpc) is 2.77. The predicted octanol–water partition coefficient (Wildman–Crippen LogP) is -3.52. The maximum atomic E-state index is 12.1. The summed E-state index contributed by atoms with van der Waals surface area (Å²) in [5.74, 6) is -1.60. The lowest BCUT2D eigenvalue weighted by Gasteiger charge is -2.08. The summed E-state index contributed by atoms with van der Waals surface area (Å²) in [4.78, 5) is 99.9. The van der Waals surface area contributed by atoms with Crippen LogP contribution in [-0.2, 0) is 22.6 Å². The number of nitrogens with zero attached hydrogens (tertiary/aromatic N) is 2. The number of ether oxygens (including phenoxy) is 2. The van der Waals surface area contributed by atoms with Crippen molar-refractivity contribution in [2.45, 2.75) is 13.1 Å². The quantitative estimate of drug-likeness (QED) is 0.234. The Balaban J connectivity index is 1.53. The molecule has 0 atom stereocenters. The average molecular weight is 476 g/mol. The van der Waals surface area contributed by atoms with Gasteiger partial charge in [0.15, 0.2) is 0 Å². The van der Waals surface area contributed by atoms with Gasteiger partial charge in [0, 0.05) is 0 Å². The van der Waals surface area contributed by atoms with Crippen LogP contribution in [0.4, 0.5) is 0 Å². The second-order valence-corrected chi connectivity index (χ2v) is 6.53. The molecule has 0 aliphatic rings. The number of rotatable bonds is 8. The highest BCUT2D eigenvalue weighted by Gasteiger charge is 2.12. The minimum atomic E-state index is -0.958. The van der Waals surface area contributed by atoms with E-state index in [1.807, 2.05) is 19.9 Å². The number of benzene rings is 1. The molecule has 0 radical (unpaired) electrons. The first-order valence-electron chi connectivity index (χ1n) is 9.47. The molecule has 0 saturated carbocycles. The van der Waals surface area contributed by atoms with E-state index in [1.54, 1.807) is 0 Å². The molecular weight excluding hydrogens is 460 g/mol. The van der Waals surface area contributed by atoms with Gasteiger partial charge in [-0.05, 0) is 24.3 Å². The highest BCUT2D eigenvalue weighted by atomic mass is 16.5. The van der Waals surface area contributed by atoms with Crippen LogP contribution >= 0.6 is 0 Å². The lowest BCUT2D eigenvalue weighted by atomic mass is 10.1. The normalized spacial score (nSPS) is 10.6. The molecule has 4 N–H and O–H groups in total. The fourth-order valence-corrected chi connectivity index (χ4v) is 2.68. The van der Waals surface area contributed by atoms with Crippen molar-refractivity contribution in [3.8, 4) is 0 Å². The highest BCUT2D eigenvalue weighted by molar-refractivity contribution is 5.93. The van der Waals surface area contributed by atoms with E-state index in [2.05, 4.69) is 0 Å². The number of nitrogens with one attached hydrogen (secondary N) is 4. The molecule has 0 amide bonds. The molecule has 0 aliphatic heterocycles. The summed E-state index contributed by atoms with van der Waals surface area (Å²) >= 11 is 0. The number of aromatic nitrogens is 6. The molecule has 0 spiro atoms. The van der Waals surface area contributed by atoms with Gasteiger partial charge in [0.1, 0.15) is 13.2 Å². The Morgan fingerprint density at radius 1 is 0.588 bits per heavy atom. The first-order chi connectivity index (χ1) is 16.2. The van der Waals surface area contributed by atoms with Gasteiger partial charge in [0.2, 0.25) is 0 Å². The van der Waals surface area contributed by atoms with Gasteiger partial charge in [-0.3, -0.25) is 19.9 Å². The third-order valence-electron chi connectivity index (χ3n) is 4.31. The van der Waals surface area contributed by atoms with Crippen LogP contribution in [-0.4, -0.2) is 54.2 Å². The van der Waals surface area contributed by atoms with Crippen molar-refractivity contribution in [2.24, 2.45) is 0 Å². The molecular formula is C18H16N6O10. The molecule has 3 aromatic rings. The first-order valence-corrected chi connectivity index (χ1v) is 9.47. The van der Waals surface area contributed by atoms with E-state index < -0.39 is 46.1 Å². The summed E-state index contributed by atoms with van der Waals surface area (Å²) in [6.45, 7) is -1.30. The van der Waals surface area contributed by atoms with Gasteiger partial charge in [0.05, 0.1) is 24.2 Å². The highest BCUT2D eigenvalue weighted by Crippen LogP contribution is 2.07. The molecule has 2 aromatic heterocycles. The van der Waals surface area contributed by atoms with Crippen LogP contribution in [0.5, 0.6) is 0 Å². The van der Waals surface area contributed by atoms with Crippen molar-refractivity contribution < 1.29 is 19.1 Å². The number of aromatic amines is 4. The Morgan fingerprint density at radius 3 is 1.18 bits per heavy atom. The zero-order chi connectivity index (χ0) is 24.8. The molecule has 0 unspecified atom stereocenters. The zero-order valence-electron chi connectivity index (χ0n) is 17.1. The van der Waals surface area contributed by atoms with Crippen molar-refractivity contribution >= 4 is 11.9 Å². The number of hydrogen-bond acceptors (Lipinski definition) is 10.